The molecule has 0 radical (unpaired) electrons. The second-order valence-corrected chi connectivity index (χ2v) is 5.31. The van der Waals surface area contributed by atoms with Gasteiger partial charge >= 0.3 is 0 Å². The summed E-state index contributed by atoms with van der Waals surface area (Å²) >= 11 is 0. The van der Waals surface area contributed by atoms with Gasteiger partial charge in [-0.3, -0.25) is 4.79 Å². The Morgan fingerprint density at radius 2 is 2.10 bits per heavy atom. The number of rotatable bonds is 4. The van der Waals surface area contributed by atoms with E-state index in [9.17, 15) is 9.18 Å². The van der Waals surface area contributed by atoms with Crippen molar-refractivity contribution in [3.8, 4) is 0 Å². The van der Waals surface area contributed by atoms with E-state index in [1.54, 1.807) is 39.8 Å². The van der Waals surface area contributed by atoms with E-state index >= 15 is 0 Å². The van der Waals surface area contributed by atoms with Gasteiger partial charge in [-0.1, -0.05) is 17.3 Å². The molecule has 110 valence electrons. The number of amides is 1. The molecule has 0 fully saturated rings. The molecule has 0 saturated carbocycles. The molecule has 0 spiro atoms. The first-order chi connectivity index (χ1) is 9.20. The largest absolute Gasteiger partial charge is 0.409 e. The zero-order valence-corrected chi connectivity index (χ0v) is 12.1. The third-order valence-electron chi connectivity index (χ3n) is 3.36. The molecule has 0 aliphatic carbocycles. The van der Waals surface area contributed by atoms with Gasteiger partial charge in [0.2, 0.25) is 5.91 Å². The Labute approximate surface area is 117 Å². The first-order valence-electron chi connectivity index (χ1n) is 6.25. The molecule has 0 saturated heterocycles. The van der Waals surface area contributed by atoms with Gasteiger partial charge in [-0.15, -0.1) is 0 Å². The molecule has 4 N–H and O–H groups in total. The zero-order valence-electron chi connectivity index (χ0n) is 12.1. The minimum Gasteiger partial charge on any atom is -0.409 e. The van der Waals surface area contributed by atoms with Crippen LogP contribution < -0.4 is 11.1 Å². The van der Waals surface area contributed by atoms with Crippen LogP contribution >= 0.6 is 0 Å². The Balaban J connectivity index is 2.87. The fourth-order valence-corrected chi connectivity index (χ4v) is 1.58. The van der Waals surface area contributed by atoms with E-state index < -0.39 is 11.3 Å². The van der Waals surface area contributed by atoms with Gasteiger partial charge in [0.15, 0.2) is 5.84 Å². The van der Waals surface area contributed by atoms with Crippen molar-refractivity contribution in [2.75, 3.05) is 0 Å². The lowest BCUT2D eigenvalue weighted by Crippen LogP contribution is -2.46. The highest BCUT2D eigenvalue weighted by atomic mass is 19.1. The average molecular weight is 281 g/mol. The van der Waals surface area contributed by atoms with Gasteiger partial charge in [-0.25, -0.2) is 4.39 Å². The van der Waals surface area contributed by atoms with Gasteiger partial charge in [0.25, 0.3) is 0 Å². The number of nitrogens with zero attached hydrogens (tertiary/aromatic N) is 1. The van der Waals surface area contributed by atoms with Crippen LogP contribution in [-0.2, 0) is 4.79 Å². The summed E-state index contributed by atoms with van der Waals surface area (Å²) in [4.78, 5) is 12.1. The van der Waals surface area contributed by atoms with E-state index in [1.807, 2.05) is 0 Å². The highest BCUT2D eigenvalue weighted by molar-refractivity contribution is 6.05. The number of aryl methyl sites for hydroxylation is 1. The van der Waals surface area contributed by atoms with Crippen LogP contribution in [0.4, 0.5) is 4.39 Å². The number of benzene rings is 1. The normalized spacial score (nSPS) is 13.9. The minimum absolute atomic E-state index is 0.183. The number of oxime groups is 1. The number of carbonyl (C=O) groups excluding carboxylic acids is 1. The summed E-state index contributed by atoms with van der Waals surface area (Å²) in [6.45, 7) is 6.49. The first kappa shape index (κ1) is 15.9. The summed E-state index contributed by atoms with van der Waals surface area (Å²) in [5, 5.41) is 14.3. The van der Waals surface area contributed by atoms with Crippen molar-refractivity contribution in [1.29, 1.82) is 0 Å². The second-order valence-electron chi connectivity index (χ2n) is 5.31. The Morgan fingerprint density at radius 3 is 2.60 bits per heavy atom. The summed E-state index contributed by atoms with van der Waals surface area (Å²) in [6, 6.07) is 4.40. The van der Waals surface area contributed by atoms with Crippen LogP contribution in [0.15, 0.2) is 23.4 Å². The van der Waals surface area contributed by atoms with Gasteiger partial charge in [0.1, 0.15) is 11.2 Å². The molecule has 1 atom stereocenters. The van der Waals surface area contributed by atoms with Crippen LogP contribution in [0.3, 0.4) is 0 Å². The lowest BCUT2D eigenvalue weighted by atomic mass is 9.90. The topological polar surface area (TPSA) is 87.7 Å². The van der Waals surface area contributed by atoms with Crippen molar-refractivity contribution in [2.24, 2.45) is 16.3 Å². The molecular weight excluding hydrogens is 261 g/mol. The summed E-state index contributed by atoms with van der Waals surface area (Å²) in [5.41, 5.74) is 5.54. The Hall–Kier alpha value is -2.11. The van der Waals surface area contributed by atoms with E-state index in [2.05, 4.69) is 10.5 Å². The minimum atomic E-state index is -1.15. The maximum absolute atomic E-state index is 13.5. The van der Waals surface area contributed by atoms with E-state index in [4.69, 9.17) is 10.9 Å². The van der Waals surface area contributed by atoms with Crippen molar-refractivity contribution in [1.82, 2.24) is 5.32 Å². The van der Waals surface area contributed by atoms with Crippen molar-refractivity contribution in [2.45, 2.75) is 33.7 Å². The molecule has 0 aliphatic heterocycles. The third kappa shape index (κ3) is 3.26. The molecule has 5 nitrogen and oxygen atoms in total. The number of halogens is 1. The predicted molar refractivity (Wildman–Crippen MR) is 74.9 cm³/mol. The number of hydrogen-bond acceptors (Lipinski definition) is 3. The molecule has 1 amide bonds. The lowest BCUT2D eigenvalue weighted by molar-refractivity contribution is -0.127. The number of nitrogens with two attached hydrogens (primary N) is 1. The number of amidine groups is 1. The number of carbonyl (C=O) groups is 1. The van der Waals surface area contributed by atoms with Crippen LogP contribution in [0.2, 0.25) is 0 Å². The predicted octanol–water partition coefficient (Wildman–Crippen LogP) is 2.08. The van der Waals surface area contributed by atoms with E-state index in [0.29, 0.717) is 11.1 Å². The van der Waals surface area contributed by atoms with Gasteiger partial charge in [0.05, 0.1) is 6.04 Å². The van der Waals surface area contributed by atoms with Crippen LogP contribution in [0.1, 0.15) is 37.9 Å². The van der Waals surface area contributed by atoms with Crippen molar-refractivity contribution >= 4 is 11.7 Å². The molecule has 1 aromatic carbocycles. The van der Waals surface area contributed by atoms with Crippen LogP contribution in [0, 0.1) is 18.2 Å². The number of hydrogen-bond donors (Lipinski definition) is 3. The average Bonchev–Trinajstić information content (AvgIpc) is 2.40. The van der Waals surface area contributed by atoms with E-state index in [0.717, 1.165) is 0 Å². The summed E-state index contributed by atoms with van der Waals surface area (Å²) < 4.78 is 13.5. The Morgan fingerprint density at radius 1 is 1.50 bits per heavy atom. The molecule has 0 aromatic heterocycles. The van der Waals surface area contributed by atoms with Crippen LogP contribution in [-0.4, -0.2) is 17.0 Å². The van der Waals surface area contributed by atoms with Crippen molar-refractivity contribution < 1.29 is 14.4 Å². The molecule has 1 unspecified atom stereocenters. The molecule has 20 heavy (non-hydrogen) atoms. The van der Waals surface area contributed by atoms with E-state index in [1.165, 1.54) is 6.07 Å². The van der Waals surface area contributed by atoms with E-state index in [-0.39, 0.29) is 17.7 Å². The summed E-state index contributed by atoms with van der Waals surface area (Å²) in [7, 11) is 0. The summed E-state index contributed by atoms with van der Waals surface area (Å²) in [5.74, 6) is -0.905. The monoisotopic (exact) mass is 281 g/mol. The van der Waals surface area contributed by atoms with Crippen LogP contribution in [0.25, 0.3) is 0 Å². The van der Waals surface area contributed by atoms with Gasteiger partial charge in [-0.2, -0.15) is 0 Å². The Bertz CT molecular complexity index is 541. The van der Waals surface area contributed by atoms with Crippen molar-refractivity contribution in [3.05, 3.63) is 35.1 Å². The molecule has 6 heteroatoms. The number of nitrogens with one attached hydrogen (secondary N) is 1. The fraction of sp³-hybridized carbons (Fsp3) is 0.429. The molecule has 0 bridgehead atoms. The maximum atomic E-state index is 13.5. The van der Waals surface area contributed by atoms with Crippen molar-refractivity contribution in [3.63, 3.8) is 0 Å². The highest BCUT2D eigenvalue weighted by Gasteiger charge is 2.33. The molecule has 1 aromatic rings. The van der Waals surface area contributed by atoms with Gasteiger partial charge in [0, 0.05) is 0 Å². The zero-order chi connectivity index (χ0) is 15.5. The molecule has 1 rings (SSSR count). The van der Waals surface area contributed by atoms with Crippen LogP contribution in [0.5, 0.6) is 0 Å². The molecular formula is C14H20FN3O2. The third-order valence-corrected chi connectivity index (χ3v) is 3.36. The van der Waals surface area contributed by atoms with Gasteiger partial charge in [-0.05, 0) is 44.9 Å². The SMILES string of the molecule is Cc1ccc(C(C)NC(=O)C(C)(C)/C(N)=N/O)cc1F. The van der Waals surface area contributed by atoms with Gasteiger partial charge < -0.3 is 16.3 Å². The Kier molecular flexibility index (Phi) is 4.70. The molecule has 0 aliphatic rings. The second kappa shape index (κ2) is 5.90. The lowest BCUT2D eigenvalue weighted by Gasteiger charge is -2.24. The standard InChI is InChI=1S/C14H20FN3O2/c1-8-5-6-10(7-11(8)15)9(2)17-13(19)14(3,4)12(16)18-20/h5-7,9,20H,1-4H3,(H2,16,18)(H,17,19). The quantitative estimate of drug-likeness (QED) is 0.342. The molecule has 0 heterocycles. The summed E-state index contributed by atoms with van der Waals surface area (Å²) in [6.07, 6.45) is 0. The fourth-order valence-electron chi connectivity index (χ4n) is 1.58. The maximum Gasteiger partial charge on any atom is 0.233 e. The highest BCUT2D eigenvalue weighted by Crippen LogP contribution is 2.20. The first-order valence-corrected chi connectivity index (χ1v) is 6.25. The smallest absolute Gasteiger partial charge is 0.233 e.